The summed E-state index contributed by atoms with van der Waals surface area (Å²) in [4.78, 5) is 16.4. The molecule has 1 amide bonds. The van der Waals surface area contributed by atoms with Crippen LogP contribution in [0.3, 0.4) is 0 Å². The van der Waals surface area contributed by atoms with Gasteiger partial charge in [-0.1, -0.05) is 24.3 Å². The average molecular weight is 437 g/mol. The summed E-state index contributed by atoms with van der Waals surface area (Å²) < 4.78 is 35.7. The lowest BCUT2D eigenvalue weighted by atomic mass is 10.1. The lowest BCUT2D eigenvalue weighted by molar-refractivity contribution is -0.123. The molecule has 0 radical (unpaired) electrons. The van der Waals surface area contributed by atoms with E-state index in [9.17, 15) is 13.6 Å². The standard InChI is InChI=1S/C23H21F2N5O2/c1-29-12-10-27-23(29)22-18(16-6-8-17(24)9-7-16)14-30(28-22)13-11-26-21(31)15-32-20-5-3-2-4-19(20)25/h2-10,12,14H,11,13,15H2,1H3,(H,26,31). The number of rotatable bonds is 8. The Morgan fingerprint density at radius 1 is 1.12 bits per heavy atom. The highest BCUT2D eigenvalue weighted by molar-refractivity contribution is 5.78. The first-order chi connectivity index (χ1) is 15.5. The maximum Gasteiger partial charge on any atom is 0.258 e. The van der Waals surface area contributed by atoms with Crippen LogP contribution < -0.4 is 10.1 Å². The maximum atomic E-state index is 13.6. The Bertz CT molecular complexity index is 1220. The molecule has 4 rings (SSSR count). The number of nitrogens with zero attached hydrogens (tertiary/aromatic N) is 4. The predicted molar refractivity (Wildman–Crippen MR) is 115 cm³/mol. The normalized spacial score (nSPS) is 10.8. The number of aromatic nitrogens is 4. The number of para-hydroxylation sites is 1. The highest BCUT2D eigenvalue weighted by Gasteiger charge is 2.17. The summed E-state index contributed by atoms with van der Waals surface area (Å²) in [6, 6.07) is 12.1. The van der Waals surface area contributed by atoms with E-state index in [1.165, 1.54) is 24.3 Å². The molecule has 0 aliphatic rings. The molecule has 2 aromatic carbocycles. The summed E-state index contributed by atoms with van der Waals surface area (Å²) in [5.41, 5.74) is 2.25. The van der Waals surface area contributed by atoms with E-state index in [4.69, 9.17) is 4.74 Å². The van der Waals surface area contributed by atoms with Gasteiger partial charge in [0.05, 0.1) is 6.54 Å². The Labute approximate surface area is 183 Å². The van der Waals surface area contributed by atoms with E-state index < -0.39 is 5.82 Å². The molecule has 1 N–H and O–H groups in total. The minimum atomic E-state index is -0.521. The molecule has 32 heavy (non-hydrogen) atoms. The van der Waals surface area contributed by atoms with Crippen molar-refractivity contribution in [2.24, 2.45) is 7.05 Å². The second-order valence-electron chi connectivity index (χ2n) is 7.09. The van der Waals surface area contributed by atoms with Gasteiger partial charge in [0, 0.05) is 37.7 Å². The number of carbonyl (C=O) groups is 1. The van der Waals surface area contributed by atoms with Crippen LogP contribution in [0.2, 0.25) is 0 Å². The van der Waals surface area contributed by atoms with Gasteiger partial charge in [-0.15, -0.1) is 0 Å². The number of nitrogens with one attached hydrogen (secondary N) is 1. The van der Waals surface area contributed by atoms with Crippen LogP contribution in [-0.4, -0.2) is 38.4 Å². The van der Waals surface area contributed by atoms with Crippen molar-refractivity contribution in [3.05, 3.63) is 78.8 Å². The van der Waals surface area contributed by atoms with Crippen LogP contribution in [0.25, 0.3) is 22.6 Å². The van der Waals surface area contributed by atoms with E-state index in [0.29, 0.717) is 24.6 Å². The lowest BCUT2D eigenvalue weighted by Gasteiger charge is -2.08. The van der Waals surface area contributed by atoms with Crippen molar-refractivity contribution in [3.63, 3.8) is 0 Å². The molecular weight excluding hydrogens is 416 g/mol. The zero-order valence-electron chi connectivity index (χ0n) is 17.3. The van der Waals surface area contributed by atoms with Crippen molar-refractivity contribution in [1.82, 2.24) is 24.6 Å². The largest absolute Gasteiger partial charge is 0.481 e. The molecule has 0 atom stereocenters. The van der Waals surface area contributed by atoms with Crippen LogP contribution in [0.1, 0.15) is 0 Å². The number of ether oxygens (including phenoxy) is 1. The van der Waals surface area contributed by atoms with Gasteiger partial charge in [0.25, 0.3) is 5.91 Å². The molecule has 0 unspecified atom stereocenters. The lowest BCUT2D eigenvalue weighted by Crippen LogP contribution is -2.31. The molecule has 9 heteroatoms. The quantitative estimate of drug-likeness (QED) is 0.458. The molecule has 0 spiro atoms. The number of amides is 1. The number of benzene rings is 2. The third-order valence-electron chi connectivity index (χ3n) is 4.81. The fourth-order valence-corrected chi connectivity index (χ4v) is 3.20. The number of carbonyl (C=O) groups excluding carboxylic acids is 1. The summed E-state index contributed by atoms with van der Waals surface area (Å²) in [5, 5.41) is 7.35. The summed E-state index contributed by atoms with van der Waals surface area (Å²) >= 11 is 0. The molecule has 0 fully saturated rings. The first kappa shape index (κ1) is 21.2. The maximum absolute atomic E-state index is 13.6. The topological polar surface area (TPSA) is 74.0 Å². The first-order valence-corrected chi connectivity index (χ1v) is 9.96. The van der Waals surface area contributed by atoms with E-state index in [1.54, 1.807) is 35.1 Å². The monoisotopic (exact) mass is 437 g/mol. The van der Waals surface area contributed by atoms with E-state index >= 15 is 0 Å². The Kier molecular flexibility index (Phi) is 6.25. The second kappa shape index (κ2) is 9.42. The predicted octanol–water partition coefficient (Wildman–Crippen LogP) is 3.42. The number of hydrogen-bond acceptors (Lipinski definition) is 4. The van der Waals surface area contributed by atoms with Crippen molar-refractivity contribution in [2.75, 3.05) is 13.2 Å². The van der Waals surface area contributed by atoms with Gasteiger partial charge in [-0.3, -0.25) is 9.48 Å². The first-order valence-electron chi connectivity index (χ1n) is 9.96. The number of halogens is 2. The number of hydrogen-bond donors (Lipinski definition) is 1. The number of aryl methyl sites for hydroxylation is 1. The van der Waals surface area contributed by atoms with Crippen LogP contribution in [0.4, 0.5) is 8.78 Å². The highest BCUT2D eigenvalue weighted by Crippen LogP contribution is 2.30. The molecule has 2 aromatic heterocycles. The molecule has 4 aromatic rings. The van der Waals surface area contributed by atoms with Crippen LogP contribution >= 0.6 is 0 Å². The number of imidazole rings is 1. The Balaban J connectivity index is 1.42. The van der Waals surface area contributed by atoms with E-state index in [0.717, 1.165) is 11.1 Å². The molecule has 2 heterocycles. The molecule has 0 bridgehead atoms. The van der Waals surface area contributed by atoms with E-state index in [1.807, 2.05) is 24.0 Å². The van der Waals surface area contributed by atoms with E-state index in [2.05, 4.69) is 15.4 Å². The zero-order valence-corrected chi connectivity index (χ0v) is 17.3. The van der Waals surface area contributed by atoms with Crippen molar-refractivity contribution < 1.29 is 18.3 Å². The van der Waals surface area contributed by atoms with Crippen LogP contribution in [0.5, 0.6) is 5.75 Å². The molecule has 164 valence electrons. The highest BCUT2D eigenvalue weighted by atomic mass is 19.1. The average Bonchev–Trinajstić information content (AvgIpc) is 3.39. The van der Waals surface area contributed by atoms with Gasteiger partial charge in [0.1, 0.15) is 11.5 Å². The molecular formula is C23H21F2N5O2. The molecule has 0 aliphatic heterocycles. The van der Waals surface area contributed by atoms with Crippen LogP contribution in [0, 0.1) is 11.6 Å². The van der Waals surface area contributed by atoms with Crippen LogP contribution in [-0.2, 0) is 18.4 Å². The second-order valence-corrected chi connectivity index (χ2v) is 7.09. The van der Waals surface area contributed by atoms with Gasteiger partial charge >= 0.3 is 0 Å². The fraction of sp³-hybridized carbons (Fsp3) is 0.174. The van der Waals surface area contributed by atoms with Crippen molar-refractivity contribution >= 4 is 5.91 Å². The van der Waals surface area contributed by atoms with E-state index in [-0.39, 0.29) is 24.1 Å². The minimum absolute atomic E-state index is 0.0263. The van der Waals surface area contributed by atoms with Gasteiger partial charge in [-0.05, 0) is 29.8 Å². The zero-order chi connectivity index (χ0) is 22.5. The fourth-order valence-electron chi connectivity index (χ4n) is 3.20. The molecule has 0 saturated heterocycles. The van der Waals surface area contributed by atoms with Gasteiger partial charge in [0.2, 0.25) is 0 Å². The summed E-state index contributed by atoms with van der Waals surface area (Å²) in [7, 11) is 1.87. The minimum Gasteiger partial charge on any atom is -0.481 e. The van der Waals surface area contributed by atoms with Gasteiger partial charge in [-0.2, -0.15) is 5.10 Å². The third-order valence-corrected chi connectivity index (χ3v) is 4.81. The Morgan fingerprint density at radius 3 is 2.62 bits per heavy atom. The smallest absolute Gasteiger partial charge is 0.258 e. The SMILES string of the molecule is Cn1ccnc1-c1nn(CCNC(=O)COc2ccccc2F)cc1-c1ccc(F)cc1. The summed E-state index contributed by atoms with van der Waals surface area (Å²) in [6.07, 6.45) is 5.33. The van der Waals surface area contributed by atoms with Crippen molar-refractivity contribution in [1.29, 1.82) is 0 Å². The third kappa shape index (κ3) is 4.83. The van der Waals surface area contributed by atoms with Gasteiger partial charge in [0.15, 0.2) is 24.0 Å². The van der Waals surface area contributed by atoms with Crippen molar-refractivity contribution in [3.8, 4) is 28.4 Å². The van der Waals surface area contributed by atoms with Crippen molar-refractivity contribution in [2.45, 2.75) is 6.54 Å². The summed E-state index contributed by atoms with van der Waals surface area (Å²) in [5.74, 6) is -0.515. The summed E-state index contributed by atoms with van der Waals surface area (Å²) in [6.45, 7) is 0.396. The van der Waals surface area contributed by atoms with Crippen LogP contribution in [0.15, 0.2) is 67.1 Å². The Morgan fingerprint density at radius 2 is 1.91 bits per heavy atom. The van der Waals surface area contributed by atoms with Gasteiger partial charge < -0.3 is 14.6 Å². The Hall–Kier alpha value is -4.01. The molecule has 0 aliphatic carbocycles. The van der Waals surface area contributed by atoms with Gasteiger partial charge in [-0.25, -0.2) is 13.8 Å². The molecule has 7 nitrogen and oxygen atoms in total. The molecule has 0 saturated carbocycles.